The first-order valence-electron chi connectivity index (χ1n) is 7.60. The Morgan fingerprint density at radius 3 is 2.96 bits per heavy atom. The van der Waals surface area contributed by atoms with Gasteiger partial charge in [-0.15, -0.1) is 0 Å². The number of rotatable bonds is 6. The van der Waals surface area contributed by atoms with Crippen molar-refractivity contribution in [2.24, 2.45) is 0 Å². The Morgan fingerprint density at radius 2 is 2.26 bits per heavy atom. The molecule has 1 fully saturated rings. The fraction of sp³-hybridized carbons (Fsp3) is 0.533. The number of benzene rings is 1. The third-order valence-electron chi connectivity index (χ3n) is 3.98. The van der Waals surface area contributed by atoms with Crippen LogP contribution in [0, 0.1) is 10.1 Å². The topological polar surface area (TPSA) is 95.7 Å². The summed E-state index contributed by atoms with van der Waals surface area (Å²) in [5.74, 6) is -0.230. The van der Waals surface area contributed by atoms with Crippen LogP contribution < -0.4 is 5.32 Å². The average molecular weight is 342 g/mol. The molecule has 1 aliphatic heterocycles. The molecule has 23 heavy (non-hydrogen) atoms. The number of anilines is 1. The van der Waals surface area contributed by atoms with E-state index in [0.29, 0.717) is 12.1 Å². The average Bonchev–Trinajstić information content (AvgIpc) is 2.51. The summed E-state index contributed by atoms with van der Waals surface area (Å²) in [6.45, 7) is 1.13. The predicted octanol–water partition coefficient (Wildman–Crippen LogP) is 2.42. The molecule has 1 saturated heterocycles. The molecule has 1 heterocycles. The van der Waals surface area contributed by atoms with Crippen molar-refractivity contribution in [1.82, 2.24) is 4.90 Å². The predicted molar refractivity (Wildman–Crippen MR) is 87.7 cm³/mol. The highest BCUT2D eigenvalue weighted by molar-refractivity contribution is 6.32. The highest BCUT2D eigenvalue weighted by atomic mass is 35.5. The first-order valence-corrected chi connectivity index (χ1v) is 7.97. The minimum absolute atomic E-state index is 0.0343. The zero-order valence-corrected chi connectivity index (χ0v) is 13.5. The van der Waals surface area contributed by atoms with E-state index < -0.39 is 4.92 Å². The summed E-state index contributed by atoms with van der Waals surface area (Å²) in [4.78, 5) is 24.5. The Hall–Kier alpha value is -1.70. The molecule has 1 aromatic rings. The van der Waals surface area contributed by atoms with Gasteiger partial charge in [0.1, 0.15) is 5.02 Å². The summed E-state index contributed by atoms with van der Waals surface area (Å²) in [6.07, 6.45) is 3.76. The van der Waals surface area contributed by atoms with Gasteiger partial charge in [0.05, 0.1) is 11.5 Å². The maximum absolute atomic E-state index is 12.2. The number of aliphatic hydroxyl groups is 1. The molecule has 2 rings (SSSR count). The van der Waals surface area contributed by atoms with E-state index >= 15 is 0 Å². The van der Waals surface area contributed by atoms with E-state index in [2.05, 4.69) is 10.2 Å². The Morgan fingerprint density at radius 1 is 1.48 bits per heavy atom. The Kier molecular flexibility index (Phi) is 6.32. The molecule has 0 aromatic heterocycles. The monoisotopic (exact) mass is 341 g/mol. The van der Waals surface area contributed by atoms with Gasteiger partial charge >= 0.3 is 0 Å². The van der Waals surface area contributed by atoms with Gasteiger partial charge in [0, 0.05) is 24.4 Å². The van der Waals surface area contributed by atoms with Crippen LogP contribution in [0.5, 0.6) is 0 Å². The molecule has 7 nitrogen and oxygen atoms in total. The van der Waals surface area contributed by atoms with Crippen LogP contribution in [0.25, 0.3) is 0 Å². The number of nitrogens with one attached hydrogen (secondary N) is 1. The number of aliphatic hydroxyl groups excluding tert-OH is 1. The number of carbonyl (C=O) groups is 1. The molecule has 0 bridgehead atoms. The maximum atomic E-state index is 12.2. The van der Waals surface area contributed by atoms with Crippen molar-refractivity contribution in [3.63, 3.8) is 0 Å². The van der Waals surface area contributed by atoms with Gasteiger partial charge in [0.15, 0.2) is 0 Å². The van der Waals surface area contributed by atoms with Gasteiger partial charge in [-0.3, -0.25) is 19.8 Å². The van der Waals surface area contributed by atoms with E-state index in [1.165, 1.54) is 18.2 Å². The highest BCUT2D eigenvalue weighted by Gasteiger charge is 2.24. The van der Waals surface area contributed by atoms with Crippen LogP contribution >= 0.6 is 11.6 Å². The molecular weight excluding hydrogens is 322 g/mol. The molecule has 126 valence electrons. The second-order valence-electron chi connectivity index (χ2n) is 5.60. The molecule has 1 unspecified atom stereocenters. The Bertz CT molecular complexity index is 580. The van der Waals surface area contributed by atoms with Gasteiger partial charge in [-0.2, -0.15) is 0 Å². The normalized spacial score (nSPS) is 18.6. The van der Waals surface area contributed by atoms with Crippen LogP contribution in [0.3, 0.4) is 0 Å². The van der Waals surface area contributed by atoms with E-state index in [1.807, 2.05) is 0 Å². The number of nitrogens with zero attached hydrogens (tertiary/aromatic N) is 2. The minimum Gasteiger partial charge on any atom is -0.396 e. The standard InChI is InChI=1S/C15H20ClN3O4/c16-13-5-4-11(9-14(13)19(22)23)17-15(21)10-18-7-2-1-3-12(18)6-8-20/h4-5,9,12,20H,1-3,6-8,10H2,(H,17,21). The van der Waals surface area contributed by atoms with Crippen LogP contribution in [-0.2, 0) is 4.79 Å². The number of hydrogen-bond donors (Lipinski definition) is 2. The molecule has 0 aliphatic carbocycles. The smallest absolute Gasteiger partial charge is 0.289 e. The highest BCUT2D eigenvalue weighted by Crippen LogP contribution is 2.27. The van der Waals surface area contributed by atoms with E-state index in [1.54, 1.807) is 0 Å². The first-order chi connectivity index (χ1) is 11.0. The number of halogens is 1. The summed E-state index contributed by atoms with van der Waals surface area (Å²) in [5, 5.41) is 22.7. The molecule has 1 atom stereocenters. The Balaban J connectivity index is 1.98. The lowest BCUT2D eigenvalue weighted by Crippen LogP contribution is -2.44. The zero-order chi connectivity index (χ0) is 16.8. The molecule has 0 spiro atoms. The lowest BCUT2D eigenvalue weighted by atomic mass is 10.00. The van der Waals surface area contributed by atoms with Crippen LogP contribution in [0.2, 0.25) is 5.02 Å². The molecule has 1 aliphatic rings. The lowest BCUT2D eigenvalue weighted by molar-refractivity contribution is -0.384. The SMILES string of the molecule is O=C(CN1CCCCC1CCO)Nc1ccc(Cl)c([N+](=O)[O-])c1. The fourth-order valence-electron chi connectivity index (χ4n) is 2.86. The van der Waals surface area contributed by atoms with Gasteiger partial charge in [-0.05, 0) is 37.9 Å². The lowest BCUT2D eigenvalue weighted by Gasteiger charge is -2.34. The maximum Gasteiger partial charge on any atom is 0.289 e. The molecule has 8 heteroatoms. The minimum atomic E-state index is -0.583. The van der Waals surface area contributed by atoms with Crippen LogP contribution in [0.15, 0.2) is 18.2 Å². The van der Waals surface area contributed by atoms with E-state index in [0.717, 1.165) is 25.8 Å². The van der Waals surface area contributed by atoms with Crippen LogP contribution in [0.1, 0.15) is 25.7 Å². The van der Waals surface area contributed by atoms with Crippen molar-refractivity contribution in [1.29, 1.82) is 0 Å². The van der Waals surface area contributed by atoms with E-state index in [9.17, 15) is 14.9 Å². The van der Waals surface area contributed by atoms with Gasteiger partial charge < -0.3 is 10.4 Å². The van der Waals surface area contributed by atoms with Crippen molar-refractivity contribution in [3.8, 4) is 0 Å². The van der Waals surface area contributed by atoms with Crippen molar-refractivity contribution in [2.45, 2.75) is 31.7 Å². The van der Waals surface area contributed by atoms with Gasteiger partial charge in [-0.25, -0.2) is 0 Å². The number of nitro groups is 1. The summed E-state index contributed by atoms with van der Waals surface area (Å²) >= 11 is 5.75. The van der Waals surface area contributed by atoms with Gasteiger partial charge in [-0.1, -0.05) is 18.0 Å². The van der Waals surface area contributed by atoms with E-state index in [4.69, 9.17) is 16.7 Å². The fourth-order valence-corrected chi connectivity index (χ4v) is 3.05. The van der Waals surface area contributed by atoms with E-state index in [-0.39, 0.29) is 35.8 Å². The summed E-state index contributed by atoms with van der Waals surface area (Å²) in [5.41, 5.74) is 0.113. The molecule has 1 amide bonds. The third-order valence-corrected chi connectivity index (χ3v) is 4.30. The first kappa shape index (κ1) is 17.7. The van der Waals surface area contributed by atoms with Crippen molar-refractivity contribution < 1.29 is 14.8 Å². The number of amides is 1. The Labute approximate surface area is 139 Å². The number of nitro benzene ring substituents is 1. The number of piperidine rings is 1. The molecule has 2 N–H and O–H groups in total. The second-order valence-corrected chi connectivity index (χ2v) is 6.01. The zero-order valence-electron chi connectivity index (χ0n) is 12.7. The van der Waals surface area contributed by atoms with Gasteiger partial charge in [0.25, 0.3) is 5.69 Å². The molecule has 1 aromatic carbocycles. The van der Waals surface area contributed by atoms with Crippen LogP contribution in [-0.4, -0.2) is 46.6 Å². The number of hydrogen-bond acceptors (Lipinski definition) is 5. The summed E-state index contributed by atoms with van der Waals surface area (Å²) in [6, 6.07) is 4.39. The van der Waals surface area contributed by atoms with Gasteiger partial charge in [0.2, 0.25) is 5.91 Å². The number of likely N-dealkylation sites (tertiary alicyclic amines) is 1. The largest absolute Gasteiger partial charge is 0.396 e. The summed E-state index contributed by atoms with van der Waals surface area (Å²) in [7, 11) is 0. The second kappa shape index (κ2) is 8.24. The van der Waals surface area contributed by atoms with Crippen molar-refractivity contribution in [2.75, 3.05) is 25.0 Å². The van der Waals surface area contributed by atoms with Crippen molar-refractivity contribution in [3.05, 3.63) is 33.3 Å². The quantitative estimate of drug-likeness (QED) is 0.612. The summed E-state index contributed by atoms with van der Waals surface area (Å²) < 4.78 is 0. The molecule has 0 radical (unpaired) electrons. The molecular formula is C15H20ClN3O4. The number of carbonyl (C=O) groups excluding carboxylic acids is 1. The van der Waals surface area contributed by atoms with Crippen molar-refractivity contribution >= 4 is 28.9 Å². The molecule has 0 saturated carbocycles. The van der Waals surface area contributed by atoms with Crippen LogP contribution in [0.4, 0.5) is 11.4 Å². The third kappa shape index (κ3) is 4.89.